The molecule has 2 rings (SSSR count). The fourth-order valence-corrected chi connectivity index (χ4v) is 3.69. The Morgan fingerprint density at radius 2 is 1.90 bits per heavy atom. The summed E-state index contributed by atoms with van der Waals surface area (Å²) >= 11 is 0. The highest BCUT2D eigenvalue weighted by atomic mass is 32.2. The maximum absolute atomic E-state index is 12.5. The number of carbonyl (C=O) groups is 2. The third-order valence-electron chi connectivity index (χ3n) is 4.16. The van der Waals surface area contributed by atoms with Gasteiger partial charge in [-0.1, -0.05) is 18.2 Å². The number of aryl methyl sites for hydroxylation is 2. The Morgan fingerprint density at radius 1 is 1.24 bits per heavy atom. The van der Waals surface area contributed by atoms with Crippen LogP contribution in [0.3, 0.4) is 0 Å². The highest BCUT2D eigenvalue weighted by Crippen LogP contribution is 2.16. The second-order valence-corrected chi connectivity index (χ2v) is 8.45. The summed E-state index contributed by atoms with van der Waals surface area (Å²) in [4.78, 5) is 29.9. The number of hydrogen-bond acceptors (Lipinski definition) is 6. The number of nitrogens with one attached hydrogen (secondary N) is 1. The quantitative estimate of drug-likeness (QED) is 0.611. The molecule has 0 aliphatic heterocycles. The molecule has 0 aliphatic carbocycles. The van der Waals surface area contributed by atoms with Gasteiger partial charge in [-0.3, -0.25) is 9.59 Å². The van der Waals surface area contributed by atoms with Crippen LogP contribution in [-0.2, 0) is 31.4 Å². The molecule has 1 amide bonds. The number of esters is 1. The van der Waals surface area contributed by atoms with Crippen molar-refractivity contribution in [1.29, 1.82) is 0 Å². The van der Waals surface area contributed by atoms with E-state index >= 15 is 0 Å². The third kappa shape index (κ3) is 6.13. The summed E-state index contributed by atoms with van der Waals surface area (Å²) < 4.78 is 33.2. The van der Waals surface area contributed by atoms with Crippen molar-refractivity contribution >= 4 is 27.6 Å². The largest absolute Gasteiger partial charge is 0.456 e. The van der Waals surface area contributed by atoms with E-state index in [9.17, 15) is 18.0 Å². The first kappa shape index (κ1) is 22.6. The van der Waals surface area contributed by atoms with Gasteiger partial charge in [0.25, 0.3) is 15.9 Å². The van der Waals surface area contributed by atoms with Crippen LogP contribution in [0.15, 0.2) is 41.6 Å². The second-order valence-electron chi connectivity index (χ2n) is 6.74. The molecule has 1 N–H and O–H groups in total. The summed E-state index contributed by atoms with van der Waals surface area (Å²) in [5, 5.41) is -0.114. The number of sulfonamides is 1. The number of rotatable bonds is 9. The molecule has 1 aromatic heterocycles. The van der Waals surface area contributed by atoms with Gasteiger partial charge in [0.1, 0.15) is 5.82 Å². The standard InChI is InChI=1S/C19H26N4O5S/c1-14(2)23(16-8-6-5-7-9-16)18(24)13-28-19(25)10-11-20-29(26,27)17-12-22(4)15(3)21-17/h5-9,12,14,20H,10-11,13H2,1-4H3. The van der Waals surface area contributed by atoms with Gasteiger partial charge in [0, 0.05) is 31.5 Å². The number of amides is 1. The number of carbonyl (C=O) groups excluding carboxylic acids is 2. The van der Waals surface area contributed by atoms with Crippen LogP contribution in [0.1, 0.15) is 26.1 Å². The van der Waals surface area contributed by atoms with Crippen LogP contribution in [0.4, 0.5) is 5.69 Å². The van der Waals surface area contributed by atoms with E-state index in [1.54, 1.807) is 35.6 Å². The Balaban J connectivity index is 1.84. The average Bonchev–Trinajstić information content (AvgIpc) is 3.00. The number of para-hydroxylation sites is 1. The van der Waals surface area contributed by atoms with Crippen LogP contribution in [0, 0.1) is 6.92 Å². The van der Waals surface area contributed by atoms with E-state index in [0.717, 1.165) is 0 Å². The monoisotopic (exact) mass is 422 g/mol. The number of imidazole rings is 1. The van der Waals surface area contributed by atoms with Crippen molar-refractivity contribution in [2.45, 2.75) is 38.3 Å². The van der Waals surface area contributed by atoms with Gasteiger partial charge in [-0.25, -0.2) is 18.1 Å². The zero-order chi connectivity index (χ0) is 21.6. The molecule has 0 fully saturated rings. The van der Waals surface area contributed by atoms with Crippen LogP contribution in [0.5, 0.6) is 0 Å². The lowest BCUT2D eigenvalue weighted by Crippen LogP contribution is -2.40. The molecule has 0 aliphatic rings. The first-order valence-electron chi connectivity index (χ1n) is 9.14. The molecule has 1 aromatic carbocycles. The van der Waals surface area contributed by atoms with Crippen LogP contribution >= 0.6 is 0 Å². The van der Waals surface area contributed by atoms with Gasteiger partial charge in [-0.15, -0.1) is 0 Å². The predicted octanol–water partition coefficient (Wildman–Crippen LogP) is 1.38. The first-order valence-corrected chi connectivity index (χ1v) is 10.6. The fraction of sp³-hybridized carbons (Fsp3) is 0.421. The Kier molecular flexibility index (Phi) is 7.52. The molecule has 10 heteroatoms. The minimum Gasteiger partial charge on any atom is -0.456 e. The molecule has 9 nitrogen and oxygen atoms in total. The maximum Gasteiger partial charge on any atom is 0.307 e. The average molecular weight is 423 g/mol. The van der Waals surface area contributed by atoms with Gasteiger partial charge in [-0.05, 0) is 32.9 Å². The lowest BCUT2D eigenvalue weighted by atomic mass is 10.2. The smallest absolute Gasteiger partial charge is 0.307 e. The highest BCUT2D eigenvalue weighted by Gasteiger charge is 2.21. The normalized spacial score (nSPS) is 11.5. The maximum atomic E-state index is 12.5. The number of hydrogen-bond donors (Lipinski definition) is 1. The molecule has 0 unspecified atom stereocenters. The number of benzene rings is 1. The Labute approximate surface area is 170 Å². The van der Waals surface area contributed by atoms with Gasteiger partial charge in [0.2, 0.25) is 0 Å². The van der Waals surface area contributed by atoms with Crippen LogP contribution in [-0.4, -0.2) is 49.0 Å². The number of aromatic nitrogens is 2. The minimum absolute atomic E-state index is 0.114. The lowest BCUT2D eigenvalue weighted by molar-refractivity contribution is -0.147. The van der Waals surface area contributed by atoms with Gasteiger partial charge < -0.3 is 14.2 Å². The fourth-order valence-electron chi connectivity index (χ4n) is 2.62. The number of ether oxygens (including phenoxy) is 1. The molecule has 0 spiro atoms. The van der Waals surface area contributed by atoms with Crippen LogP contribution in [0.25, 0.3) is 0 Å². The molecule has 0 bridgehead atoms. The molecule has 158 valence electrons. The van der Waals surface area contributed by atoms with Gasteiger partial charge >= 0.3 is 5.97 Å². The SMILES string of the molecule is Cc1nc(S(=O)(=O)NCCC(=O)OCC(=O)N(c2ccccc2)C(C)C)cn1C. The highest BCUT2D eigenvalue weighted by molar-refractivity contribution is 7.89. The van der Waals surface area contributed by atoms with E-state index < -0.39 is 22.6 Å². The van der Waals surface area contributed by atoms with Gasteiger partial charge in [0.15, 0.2) is 11.6 Å². The van der Waals surface area contributed by atoms with Gasteiger partial charge in [0.05, 0.1) is 6.42 Å². The molecule has 0 atom stereocenters. The Morgan fingerprint density at radius 3 is 2.45 bits per heavy atom. The zero-order valence-corrected chi connectivity index (χ0v) is 17.8. The van der Waals surface area contributed by atoms with Crippen molar-refractivity contribution in [3.05, 3.63) is 42.4 Å². The summed E-state index contributed by atoms with van der Waals surface area (Å²) in [6, 6.07) is 8.97. The van der Waals surface area contributed by atoms with Crippen molar-refractivity contribution in [2.75, 3.05) is 18.1 Å². The molecule has 29 heavy (non-hydrogen) atoms. The van der Waals surface area contributed by atoms with Crippen molar-refractivity contribution in [3.63, 3.8) is 0 Å². The molecule has 2 aromatic rings. The lowest BCUT2D eigenvalue weighted by Gasteiger charge is -2.26. The molecule has 0 saturated heterocycles. The van der Waals surface area contributed by atoms with E-state index in [1.807, 2.05) is 32.0 Å². The Bertz CT molecular complexity index is 935. The zero-order valence-electron chi connectivity index (χ0n) is 17.0. The molecule has 0 radical (unpaired) electrons. The van der Waals surface area contributed by atoms with Crippen LogP contribution < -0.4 is 9.62 Å². The molecule has 1 heterocycles. The van der Waals surface area contributed by atoms with Crippen molar-refractivity contribution in [3.8, 4) is 0 Å². The number of anilines is 1. The first-order chi connectivity index (χ1) is 13.6. The summed E-state index contributed by atoms with van der Waals surface area (Å²) in [5.74, 6) is -0.476. The molecular weight excluding hydrogens is 396 g/mol. The summed E-state index contributed by atoms with van der Waals surface area (Å²) in [6.45, 7) is 4.83. The minimum atomic E-state index is -3.81. The molecular formula is C19H26N4O5S. The van der Waals surface area contributed by atoms with E-state index in [4.69, 9.17) is 4.74 Å². The molecule has 0 saturated carbocycles. The van der Waals surface area contributed by atoms with Crippen molar-refractivity contribution in [1.82, 2.24) is 14.3 Å². The van der Waals surface area contributed by atoms with Gasteiger partial charge in [-0.2, -0.15) is 0 Å². The summed E-state index contributed by atoms with van der Waals surface area (Å²) in [5.41, 5.74) is 0.710. The van der Waals surface area contributed by atoms with E-state index in [-0.39, 0.29) is 29.9 Å². The number of nitrogens with zero attached hydrogens (tertiary/aromatic N) is 3. The second kappa shape index (κ2) is 9.66. The van der Waals surface area contributed by atoms with Crippen molar-refractivity contribution < 1.29 is 22.7 Å². The topological polar surface area (TPSA) is 111 Å². The summed E-state index contributed by atoms with van der Waals surface area (Å²) in [6.07, 6.45) is 1.18. The third-order valence-corrected chi connectivity index (χ3v) is 5.49. The predicted molar refractivity (Wildman–Crippen MR) is 108 cm³/mol. The van der Waals surface area contributed by atoms with E-state index in [1.165, 1.54) is 6.20 Å². The Hall–Kier alpha value is -2.72. The van der Waals surface area contributed by atoms with E-state index in [2.05, 4.69) is 9.71 Å². The van der Waals surface area contributed by atoms with Crippen LogP contribution in [0.2, 0.25) is 0 Å². The van der Waals surface area contributed by atoms with Crippen molar-refractivity contribution in [2.24, 2.45) is 7.05 Å². The summed E-state index contributed by atoms with van der Waals surface area (Å²) in [7, 11) is -2.13. The van der Waals surface area contributed by atoms with E-state index in [0.29, 0.717) is 11.5 Å².